The van der Waals surface area contributed by atoms with E-state index >= 15 is 0 Å². The van der Waals surface area contributed by atoms with E-state index in [-0.39, 0.29) is 18.6 Å². The largest absolute Gasteiger partial charge is 0.479 e. The highest BCUT2D eigenvalue weighted by Crippen LogP contribution is 2.12. The Morgan fingerprint density at radius 1 is 1.33 bits per heavy atom. The molecule has 0 saturated carbocycles. The van der Waals surface area contributed by atoms with E-state index in [0.29, 0.717) is 6.42 Å². The molecule has 0 bridgehead atoms. The highest BCUT2D eigenvalue weighted by Gasteiger charge is 2.32. The van der Waals surface area contributed by atoms with E-state index in [4.69, 9.17) is 5.11 Å². The molecule has 0 saturated heterocycles. The van der Waals surface area contributed by atoms with E-state index in [2.05, 4.69) is 16.3 Å². The summed E-state index contributed by atoms with van der Waals surface area (Å²) < 4.78 is 1.02. The van der Waals surface area contributed by atoms with Crippen LogP contribution in [0.1, 0.15) is 25.3 Å². The average Bonchev–Trinajstić information content (AvgIpc) is 2.27. The summed E-state index contributed by atoms with van der Waals surface area (Å²) in [5, 5.41) is 18.2. The lowest BCUT2D eigenvalue weighted by molar-refractivity contribution is -0.159. The zero-order chi connectivity index (χ0) is 13.8. The molecule has 0 spiro atoms. The third-order valence-electron chi connectivity index (χ3n) is 2.73. The predicted molar refractivity (Wildman–Crippen MR) is 68.0 cm³/mol. The van der Waals surface area contributed by atoms with Crippen LogP contribution in [0, 0.1) is 0 Å². The molecule has 2 radical (unpaired) electrons. The lowest BCUT2D eigenvalue weighted by Gasteiger charge is -2.16. The number of carbonyl (C=O) groups excluding carboxylic acids is 1. The summed E-state index contributed by atoms with van der Waals surface area (Å²) in [6.45, 7) is 1.14. The zero-order valence-corrected chi connectivity index (χ0v) is 11.4. The minimum Gasteiger partial charge on any atom is -0.479 e. The molecule has 0 aliphatic rings. The van der Waals surface area contributed by atoms with Gasteiger partial charge in [0.25, 0.3) is 0 Å². The number of aryl methyl sites for hydroxylation is 1. The molecule has 0 aromatic heterocycles. The monoisotopic (exact) mass is 262 g/mol. The Hall–Kier alpha value is -1.15. The van der Waals surface area contributed by atoms with Crippen LogP contribution in [-0.2, 0) is 16.0 Å². The van der Waals surface area contributed by atoms with Crippen molar-refractivity contribution in [3.8, 4) is 0 Å². The van der Waals surface area contributed by atoms with Crippen molar-refractivity contribution < 1.29 is 19.8 Å². The van der Waals surface area contributed by atoms with Gasteiger partial charge in [0.1, 0.15) is 5.78 Å². The van der Waals surface area contributed by atoms with Gasteiger partial charge in [-0.15, -0.1) is 4.43 Å². The Morgan fingerprint density at radius 3 is 2.50 bits per heavy atom. The highest BCUT2D eigenvalue weighted by molar-refractivity contribution is 6.33. The minimum absolute atomic E-state index is 0.231. The summed E-state index contributed by atoms with van der Waals surface area (Å²) >= 11 is 2.59. The van der Waals surface area contributed by atoms with Gasteiger partial charge in [-0.1, -0.05) is 29.8 Å². The van der Waals surface area contributed by atoms with Crippen LogP contribution >= 0.6 is 0 Å². The fourth-order valence-corrected chi connectivity index (χ4v) is 1.94. The summed E-state index contributed by atoms with van der Waals surface area (Å²) in [6, 6.07) is 7.65. The van der Waals surface area contributed by atoms with E-state index in [1.54, 1.807) is 0 Å². The molecule has 1 aromatic rings. The predicted octanol–water partition coefficient (Wildman–Crippen LogP) is 0.208. The number of rotatable bonds is 6. The van der Waals surface area contributed by atoms with Gasteiger partial charge >= 0.3 is 5.97 Å². The third-order valence-corrected chi connectivity index (χ3v) is 3.29. The highest BCUT2D eigenvalue weighted by atomic mass is 27.0. The molecule has 4 nitrogen and oxygen atoms in total. The van der Waals surface area contributed by atoms with Crippen molar-refractivity contribution in [2.24, 2.45) is 0 Å². The number of hydrogen-bond donors (Lipinski definition) is 2. The number of carboxylic acids is 1. The van der Waals surface area contributed by atoms with Crippen LogP contribution in [0.5, 0.6) is 0 Å². The van der Waals surface area contributed by atoms with Crippen LogP contribution in [-0.4, -0.2) is 43.9 Å². The average molecular weight is 262 g/mol. The van der Waals surface area contributed by atoms with E-state index in [9.17, 15) is 14.7 Å². The van der Waals surface area contributed by atoms with Gasteiger partial charge in [0.15, 0.2) is 21.9 Å². The summed E-state index contributed by atoms with van der Waals surface area (Å²) in [6.07, 6.45) is 0.421. The van der Waals surface area contributed by atoms with Crippen LogP contribution in [0.2, 0.25) is 0 Å². The second-order valence-corrected chi connectivity index (χ2v) is 5.12. The number of carboxylic acid groups (broad SMARTS) is 1. The lowest BCUT2D eigenvalue weighted by Crippen LogP contribution is -2.37. The van der Waals surface area contributed by atoms with Crippen LogP contribution < -0.4 is 4.43 Å². The minimum atomic E-state index is -1.97. The number of aliphatic carboxylic acids is 1. The smallest absolute Gasteiger partial charge is 0.335 e. The number of aliphatic hydroxyl groups is 1. The van der Waals surface area contributed by atoms with Crippen molar-refractivity contribution >= 4 is 32.5 Å². The number of Topliss-reactive ketones (excluding diaryl/α,β-unsaturated/α-hetero) is 1. The molecule has 0 aliphatic carbocycles. The molecule has 1 unspecified atom stereocenters. The molecule has 0 heterocycles. The first-order valence-corrected chi connectivity index (χ1v) is 6.21. The topological polar surface area (TPSA) is 74.6 Å². The lowest BCUT2D eigenvalue weighted by atomic mass is 9.96. The van der Waals surface area contributed by atoms with Gasteiger partial charge in [0.2, 0.25) is 0 Å². The molecule has 94 valence electrons. The summed E-state index contributed by atoms with van der Waals surface area (Å²) in [5.41, 5.74) is -0.941. The Morgan fingerprint density at radius 2 is 1.94 bits per heavy atom. The molecule has 1 rings (SSSR count). The zero-order valence-electron chi connectivity index (χ0n) is 10.2. The van der Waals surface area contributed by atoms with Gasteiger partial charge in [0, 0.05) is 12.8 Å². The molecule has 1 atom stereocenters. The van der Waals surface area contributed by atoms with Crippen LogP contribution in [0.25, 0.3) is 0 Å². The summed E-state index contributed by atoms with van der Waals surface area (Å²) in [4.78, 5) is 22.3. The maximum absolute atomic E-state index is 11.6. The molecule has 1 aromatic carbocycles. The maximum Gasteiger partial charge on any atom is 0.335 e. The SMILES string of the molecule is CC(O)(CC(=O)CCc1cccc[c]1[Al])C(=O)O. The molecule has 2 N–H and O–H groups in total. The van der Waals surface area contributed by atoms with Crippen molar-refractivity contribution in [3.05, 3.63) is 29.8 Å². The van der Waals surface area contributed by atoms with Gasteiger partial charge in [-0.3, -0.25) is 4.79 Å². The molecule has 0 aliphatic heterocycles. The number of hydrogen-bond acceptors (Lipinski definition) is 3. The first-order valence-electron chi connectivity index (χ1n) is 5.64. The normalized spacial score (nSPS) is 13.9. The van der Waals surface area contributed by atoms with Crippen LogP contribution in [0.4, 0.5) is 0 Å². The Balaban J connectivity index is 2.53. The van der Waals surface area contributed by atoms with E-state index in [1.165, 1.54) is 0 Å². The summed E-state index contributed by atoms with van der Waals surface area (Å²) in [5.74, 6) is -1.63. The van der Waals surface area contributed by atoms with E-state index in [1.807, 2.05) is 24.3 Å². The maximum atomic E-state index is 11.6. The van der Waals surface area contributed by atoms with Gasteiger partial charge in [-0.25, -0.2) is 4.79 Å². The first kappa shape index (κ1) is 14.9. The van der Waals surface area contributed by atoms with Crippen molar-refractivity contribution in [3.63, 3.8) is 0 Å². The van der Waals surface area contributed by atoms with Gasteiger partial charge < -0.3 is 10.2 Å². The van der Waals surface area contributed by atoms with Crippen LogP contribution in [0.3, 0.4) is 0 Å². The standard InChI is InChI=1S/C13H15O4.Al/c1-13(17,12(15)16)9-11(14)8-7-10-5-3-2-4-6-10;/h2-5,17H,7-9H2,1H3,(H,15,16);. The van der Waals surface area contributed by atoms with Crippen molar-refractivity contribution in [2.75, 3.05) is 0 Å². The quantitative estimate of drug-likeness (QED) is 0.719. The molecule has 5 heteroatoms. The number of ketones is 1. The molecule has 0 amide bonds. The number of carbonyl (C=O) groups is 2. The van der Waals surface area contributed by atoms with Gasteiger partial charge in [0.05, 0.1) is 0 Å². The van der Waals surface area contributed by atoms with Crippen molar-refractivity contribution in [1.29, 1.82) is 0 Å². The fourth-order valence-electron chi connectivity index (χ4n) is 1.58. The van der Waals surface area contributed by atoms with E-state index < -0.39 is 11.6 Å². The van der Waals surface area contributed by atoms with Gasteiger partial charge in [-0.05, 0) is 13.3 Å². The van der Waals surface area contributed by atoms with Gasteiger partial charge in [-0.2, -0.15) is 0 Å². The van der Waals surface area contributed by atoms with Crippen molar-refractivity contribution in [1.82, 2.24) is 0 Å². The molecular weight excluding hydrogens is 247 g/mol. The Bertz CT molecular complexity index is 454. The second-order valence-electron chi connectivity index (χ2n) is 4.49. The molecule has 18 heavy (non-hydrogen) atoms. The van der Waals surface area contributed by atoms with Crippen LogP contribution in [0.15, 0.2) is 24.3 Å². The molecule has 0 fully saturated rings. The van der Waals surface area contributed by atoms with E-state index in [0.717, 1.165) is 16.9 Å². The Labute approximate surface area is 114 Å². The first-order chi connectivity index (χ1) is 8.33. The fraction of sp³-hybridized carbons (Fsp3) is 0.385. The molecular formula is C13H15AlO4. The Kier molecular flexibility index (Phi) is 5.09. The third kappa shape index (κ3) is 4.26. The number of benzene rings is 1. The van der Waals surface area contributed by atoms with Crippen molar-refractivity contribution in [2.45, 2.75) is 31.8 Å². The summed E-state index contributed by atoms with van der Waals surface area (Å²) in [7, 11) is 0. The second kappa shape index (κ2) is 6.15.